The molecule has 0 saturated carbocycles. The third-order valence-corrected chi connectivity index (χ3v) is 13.9. The summed E-state index contributed by atoms with van der Waals surface area (Å²) in [4.78, 5) is 2.55. The molecular formula is C62H45N. The molecule has 2 aliphatic carbocycles. The van der Waals surface area contributed by atoms with Gasteiger partial charge in [0, 0.05) is 22.4 Å². The normalized spacial score (nSPS) is 13.8. The molecule has 0 N–H and O–H groups in total. The molecule has 1 nitrogen and oxygen atoms in total. The summed E-state index contributed by atoms with van der Waals surface area (Å²) >= 11 is 0. The molecule has 0 atom stereocenters. The molecule has 0 heterocycles. The van der Waals surface area contributed by atoms with Crippen molar-refractivity contribution in [3.8, 4) is 44.5 Å². The van der Waals surface area contributed by atoms with Gasteiger partial charge in [-0.05, 0) is 119 Å². The fourth-order valence-corrected chi connectivity index (χ4v) is 11.0. The molecule has 12 rings (SSSR count). The van der Waals surface area contributed by atoms with Crippen molar-refractivity contribution < 1.29 is 0 Å². The number of benzene rings is 10. The predicted octanol–water partition coefficient (Wildman–Crippen LogP) is 16.3. The molecule has 0 aliphatic heterocycles. The minimum absolute atomic E-state index is 0.164. The first-order valence-corrected chi connectivity index (χ1v) is 22.1. The molecule has 0 unspecified atom stereocenters. The van der Waals surface area contributed by atoms with Crippen LogP contribution in [-0.2, 0) is 10.8 Å². The smallest absolute Gasteiger partial charge is 0.0720 e. The van der Waals surface area contributed by atoms with Crippen molar-refractivity contribution in [2.24, 2.45) is 0 Å². The molecule has 2 aliphatic rings. The van der Waals surface area contributed by atoms with E-state index in [1.807, 2.05) is 0 Å². The van der Waals surface area contributed by atoms with E-state index in [1.54, 1.807) is 0 Å². The van der Waals surface area contributed by atoms with Gasteiger partial charge in [-0.25, -0.2) is 0 Å². The second kappa shape index (κ2) is 14.4. The first-order valence-electron chi connectivity index (χ1n) is 22.1. The van der Waals surface area contributed by atoms with Crippen LogP contribution in [-0.4, -0.2) is 0 Å². The highest BCUT2D eigenvalue weighted by Gasteiger charge is 2.49. The lowest BCUT2D eigenvalue weighted by atomic mass is 9.66. The lowest BCUT2D eigenvalue weighted by Gasteiger charge is -2.36. The fraction of sp³-hybridized carbons (Fsp3) is 0.0645. The van der Waals surface area contributed by atoms with Crippen LogP contribution in [0.1, 0.15) is 47.2 Å². The molecule has 0 aromatic heterocycles. The van der Waals surface area contributed by atoms with Gasteiger partial charge in [-0.15, -0.1) is 0 Å². The summed E-state index contributed by atoms with van der Waals surface area (Å²) in [5.74, 6) is 0. The van der Waals surface area contributed by atoms with E-state index in [0.717, 1.165) is 17.1 Å². The average Bonchev–Trinajstić information content (AvgIpc) is 3.79. The van der Waals surface area contributed by atoms with E-state index in [4.69, 9.17) is 0 Å². The van der Waals surface area contributed by atoms with E-state index in [0.29, 0.717) is 0 Å². The van der Waals surface area contributed by atoms with Crippen LogP contribution in [0.25, 0.3) is 55.3 Å². The van der Waals surface area contributed by atoms with Gasteiger partial charge in [0.1, 0.15) is 0 Å². The van der Waals surface area contributed by atoms with Gasteiger partial charge in [-0.3, -0.25) is 0 Å². The van der Waals surface area contributed by atoms with E-state index in [9.17, 15) is 0 Å². The van der Waals surface area contributed by atoms with Crippen LogP contribution < -0.4 is 4.90 Å². The molecule has 0 amide bonds. The summed E-state index contributed by atoms with van der Waals surface area (Å²) in [5.41, 5.74) is 20.4. The van der Waals surface area contributed by atoms with Crippen molar-refractivity contribution in [3.05, 3.63) is 270 Å². The number of hydrogen-bond acceptors (Lipinski definition) is 1. The quantitative estimate of drug-likeness (QED) is 0.155. The summed E-state index contributed by atoms with van der Waals surface area (Å²) in [6, 6.07) is 88.0. The van der Waals surface area contributed by atoms with Crippen LogP contribution >= 0.6 is 0 Å². The van der Waals surface area contributed by atoms with Crippen molar-refractivity contribution in [2.45, 2.75) is 24.7 Å². The Labute approximate surface area is 370 Å². The van der Waals surface area contributed by atoms with E-state index >= 15 is 0 Å². The second-order valence-electron chi connectivity index (χ2n) is 17.6. The molecule has 1 heteroatoms. The number of anilines is 3. The fourth-order valence-electron chi connectivity index (χ4n) is 11.0. The van der Waals surface area contributed by atoms with Crippen molar-refractivity contribution >= 4 is 27.8 Å². The summed E-state index contributed by atoms with van der Waals surface area (Å²) in [7, 11) is 0. The average molecular weight is 804 g/mol. The Kier molecular flexibility index (Phi) is 8.49. The van der Waals surface area contributed by atoms with Crippen LogP contribution in [0.5, 0.6) is 0 Å². The zero-order valence-electron chi connectivity index (χ0n) is 35.5. The van der Waals surface area contributed by atoms with Gasteiger partial charge in [0.05, 0.1) is 11.1 Å². The molecule has 10 aromatic rings. The van der Waals surface area contributed by atoms with Gasteiger partial charge in [0.25, 0.3) is 0 Å². The van der Waals surface area contributed by atoms with Crippen molar-refractivity contribution in [3.63, 3.8) is 0 Å². The maximum absolute atomic E-state index is 2.55. The van der Waals surface area contributed by atoms with Crippen LogP contribution in [0.3, 0.4) is 0 Å². The minimum atomic E-state index is -0.596. The topological polar surface area (TPSA) is 3.24 Å². The zero-order valence-corrected chi connectivity index (χ0v) is 35.5. The van der Waals surface area contributed by atoms with Crippen molar-refractivity contribution in [1.82, 2.24) is 0 Å². The van der Waals surface area contributed by atoms with Crippen molar-refractivity contribution in [1.29, 1.82) is 0 Å². The van der Waals surface area contributed by atoms with Gasteiger partial charge in [-0.2, -0.15) is 0 Å². The molecule has 0 fully saturated rings. The predicted molar refractivity (Wildman–Crippen MR) is 264 cm³/mol. The standard InChI is InChI=1S/C62H45N/c1-61(2)55-29-17-15-27-52(55)53-38-36-50(41-57(53)61)63(49-34-31-44(32-35-49)42-19-7-3-8-20-42)58-40-46-39-45(43-21-9-4-10-22-43)33-37-51(46)60-59(58)54-28-16-18-30-56(54)62(60,47-23-11-5-12-24-47)48-25-13-6-14-26-48/h3-41H,1-2H3. The highest BCUT2D eigenvalue weighted by atomic mass is 15.1. The van der Waals surface area contributed by atoms with Crippen LogP contribution in [0.15, 0.2) is 237 Å². The van der Waals surface area contributed by atoms with Crippen LogP contribution in [0, 0.1) is 0 Å². The summed E-state index contributed by atoms with van der Waals surface area (Å²) < 4.78 is 0. The highest BCUT2D eigenvalue weighted by molar-refractivity contribution is 6.08. The minimum Gasteiger partial charge on any atom is -0.310 e. The Hall–Kier alpha value is -7.74. The molecule has 298 valence electrons. The maximum atomic E-state index is 2.55. The van der Waals surface area contributed by atoms with E-state index < -0.39 is 5.41 Å². The monoisotopic (exact) mass is 803 g/mol. The summed E-state index contributed by atoms with van der Waals surface area (Å²) in [6.45, 7) is 4.76. The van der Waals surface area contributed by atoms with Gasteiger partial charge in [-0.1, -0.05) is 214 Å². The van der Waals surface area contributed by atoms with Gasteiger partial charge in [0.15, 0.2) is 0 Å². The van der Waals surface area contributed by atoms with Gasteiger partial charge >= 0.3 is 0 Å². The SMILES string of the molecule is CC1(C)c2ccccc2-c2ccc(N(c3ccc(-c4ccccc4)cc3)c3cc4cc(-c5ccccc5)ccc4c4c3-c3ccccc3C4(c3ccccc3)c3ccccc3)cc21. The largest absolute Gasteiger partial charge is 0.310 e. The van der Waals surface area contributed by atoms with E-state index in [-0.39, 0.29) is 5.41 Å². The number of rotatable bonds is 7. The Bertz CT molecular complexity index is 3290. The molecule has 0 saturated heterocycles. The third-order valence-electron chi connectivity index (χ3n) is 13.9. The van der Waals surface area contributed by atoms with Gasteiger partial charge < -0.3 is 4.90 Å². The zero-order chi connectivity index (χ0) is 42.1. The number of fused-ring (bicyclic) bond motifs is 8. The molecule has 10 aromatic carbocycles. The summed E-state index contributed by atoms with van der Waals surface area (Å²) in [6.07, 6.45) is 0. The molecule has 0 bridgehead atoms. The maximum Gasteiger partial charge on any atom is 0.0720 e. The number of nitrogens with zero attached hydrogens (tertiary/aromatic N) is 1. The highest BCUT2D eigenvalue weighted by Crippen LogP contribution is 2.62. The van der Waals surface area contributed by atoms with Crippen LogP contribution in [0.4, 0.5) is 17.1 Å². The second-order valence-corrected chi connectivity index (χ2v) is 17.6. The Morgan fingerprint density at radius 2 is 0.841 bits per heavy atom. The van der Waals surface area contributed by atoms with Gasteiger partial charge in [0.2, 0.25) is 0 Å². The Morgan fingerprint density at radius 3 is 1.49 bits per heavy atom. The molecule has 63 heavy (non-hydrogen) atoms. The molecular weight excluding hydrogens is 759 g/mol. The first-order chi connectivity index (χ1) is 31.0. The Balaban J connectivity index is 1.21. The van der Waals surface area contributed by atoms with E-state index in [1.165, 1.54) is 88.7 Å². The molecule has 0 spiro atoms. The first kappa shape index (κ1) is 37.1. The number of hydrogen-bond donors (Lipinski definition) is 0. The van der Waals surface area contributed by atoms with Crippen molar-refractivity contribution in [2.75, 3.05) is 4.90 Å². The summed E-state index contributed by atoms with van der Waals surface area (Å²) in [5, 5.41) is 2.45. The van der Waals surface area contributed by atoms with Crippen LogP contribution in [0.2, 0.25) is 0 Å². The lowest BCUT2D eigenvalue weighted by molar-refractivity contribution is 0.660. The lowest BCUT2D eigenvalue weighted by Crippen LogP contribution is -2.29. The Morgan fingerprint density at radius 1 is 0.349 bits per heavy atom. The third kappa shape index (κ3) is 5.63. The van der Waals surface area contributed by atoms with E-state index in [2.05, 4.69) is 255 Å². The molecule has 0 radical (unpaired) electrons.